The average Bonchev–Trinajstić information content (AvgIpc) is 2.68. The van der Waals surface area contributed by atoms with Crippen LogP contribution in [-0.4, -0.2) is 5.78 Å². The lowest BCUT2D eigenvalue weighted by Gasteiger charge is -2.36. The fraction of sp³-hybridized carbons (Fsp3) is 0.769. The first-order chi connectivity index (χ1) is 6.54. The Kier molecular flexibility index (Phi) is 2.29. The van der Waals surface area contributed by atoms with Crippen molar-refractivity contribution in [1.29, 1.82) is 0 Å². The predicted molar refractivity (Wildman–Crippen MR) is 58.0 cm³/mol. The molecular formula is C13H20O. The van der Waals surface area contributed by atoms with Crippen molar-refractivity contribution in [2.24, 2.45) is 17.3 Å². The maximum Gasteiger partial charge on any atom is 0.129 e. The first kappa shape index (κ1) is 9.95. The number of hydrogen-bond donors (Lipinski definition) is 0. The summed E-state index contributed by atoms with van der Waals surface area (Å²) in [4.78, 5) is 11.0. The molecule has 0 heterocycles. The summed E-state index contributed by atoms with van der Waals surface area (Å²) in [5.74, 6) is 1.91. The number of Topliss-reactive ketones (excluding diaryl/α,β-unsaturated/α-hetero) is 1. The molecule has 0 aromatic carbocycles. The van der Waals surface area contributed by atoms with Gasteiger partial charge in [-0.2, -0.15) is 0 Å². The van der Waals surface area contributed by atoms with Crippen LogP contribution in [0.4, 0.5) is 0 Å². The van der Waals surface area contributed by atoms with Crippen LogP contribution in [0, 0.1) is 17.3 Å². The van der Waals surface area contributed by atoms with Gasteiger partial charge in [0, 0.05) is 6.42 Å². The van der Waals surface area contributed by atoms with E-state index >= 15 is 0 Å². The van der Waals surface area contributed by atoms with Crippen LogP contribution in [0.25, 0.3) is 0 Å². The summed E-state index contributed by atoms with van der Waals surface area (Å²) in [5, 5.41) is 0. The Morgan fingerprint density at radius 2 is 2.29 bits per heavy atom. The van der Waals surface area contributed by atoms with Crippen molar-refractivity contribution in [3.63, 3.8) is 0 Å². The molecule has 0 aliphatic heterocycles. The Balaban J connectivity index is 2.08. The van der Waals surface area contributed by atoms with Gasteiger partial charge in [-0.05, 0) is 49.9 Å². The SMILES string of the molecule is C=C1C2CCC(C2)C1(C)CCC(C)=O. The molecule has 2 rings (SSSR count). The quantitative estimate of drug-likeness (QED) is 0.627. The van der Waals surface area contributed by atoms with Gasteiger partial charge in [0.1, 0.15) is 5.78 Å². The predicted octanol–water partition coefficient (Wildman–Crippen LogP) is 3.35. The van der Waals surface area contributed by atoms with Crippen LogP contribution in [0.1, 0.15) is 46.0 Å². The smallest absolute Gasteiger partial charge is 0.129 e. The number of allylic oxidation sites excluding steroid dienone is 1. The van der Waals surface area contributed by atoms with Gasteiger partial charge in [0.2, 0.25) is 0 Å². The van der Waals surface area contributed by atoms with Crippen LogP contribution in [0.3, 0.4) is 0 Å². The minimum absolute atomic E-state index is 0.286. The lowest BCUT2D eigenvalue weighted by molar-refractivity contribution is -0.117. The minimum atomic E-state index is 0.286. The first-order valence-corrected chi connectivity index (χ1v) is 5.73. The highest BCUT2D eigenvalue weighted by Gasteiger charge is 2.50. The Hall–Kier alpha value is -0.590. The van der Waals surface area contributed by atoms with E-state index in [1.807, 2.05) is 0 Å². The molecule has 0 aromatic rings. The number of ketones is 1. The van der Waals surface area contributed by atoms with Gasteiger partial charge in [-0.15, -0.1) is 0 Å². The highest BCUT2D eigenvalue weighted by Crippen LogP contribution is 2.60. The van der Waals surface area contributed by atoms with E-state index in [1.165, 1.54) is 24.8 Å². The van der Waals surface area contributed by atoms with E-state index in [0.29, 0.717) is 5.78 Å². The number of carbonyl (C=O) groups is 1. The van der Waals surface area contributed by atoms with Crippen molar-refractivity contribution >= 4 is 5.78 Å². The normalized spacial score (nSPS) is 40.6. The lowest BCUT2D eigenvalue weighted by Crippen LogP contribution is -2.26. The molecule has 3 unspecified atom stereocenters. The molecule has 1 nitrogen and oxygen atoms in total. The Morgan fingerprint density at radius 3 is 2.79 bits per heavy atom. The fourth-order valence-electron chi connectivity index (χ4n) is 3.41. The molecule has 0 radical (unpaired) electrons. The highest BCUT2D eigenvalue weighted by atomic mass is 16.1. The summed E-state index contributed by atoms with van der Waals surface area (Å²) in [5.41, 5.74) is 1.73. The zero-order valence-electron chi connectivity index (χ0n) is 9.31. The van der Waals surface area contributed by atoms with E-state index in [4.69, 9.17) is 0 Å². The molecule has 1 heteroatoms. The largest absolute Gasteiger partial charge is 0.300 e. The molecule has 0 aromatic heterocycles. The molecule has 2 bridgehead atoms. The molecule has 2 saturated carbocycles. The van der Waals surface area contributed by atoms with Crippen LogP contribution < -0.4 is 0 Å². The number of fused-ring (bicyclic) bond motifs is 2. The van der Waals surface area contributed by atoms with E-state index in [9.17, 15) is 4.79 Å². The van der Waals surface area contributed by atoms with Crippen LogP contribution in [0.2, 0.25) is 0 Å². The second-order valence-electron chi connectivity index (χ2n) is 5.35. The number of carbonyl (C=O) groups excluding carboxylic acids is 1. The lowest BCUT2D eigenvalue weighted by atomic mass is 9.69. The molecule has 3 atom stereocenters. The van der Waals surface area contributed by atoms with E-state index in [2.05, 4.69) is 13.5 Å². The maximum atomic E-state index is 11.0. The molecule has 0 saturated heterocycles. The third-order valence-corrected chi connectivity index (χ3v) is 4.56. The van der Waals surface area contributed by atoms with Gasteiger partial charge in [0.15, 0.2) is 0 Å². The maximum absolute atomic E-state index is 11.0. The van der Waals surface area contributed by atoms with Crippen molar-refractivity contribution in [3.05, 3.63) is 12.2 Å². The van der Waals surface area contributed by atoms with Gasteiger partial charge < -0.3 is 4.79 Å². The molecule has 0 N–H and O–H groups in total. The summed E-state index contributed by atoms with van der Waals surface area (Å²) >= 11 is 0. The van der Waals surface area contributed by atoms with E-state index in [1.54, 1.807) is 6.92 Å². The second kappa shape index (κ2) is 3.22. The third-order valence-electron chi connectivity index (χ3n) is 4.56. The van der Waals surface area contributed by atoms with Crippen molar-refractivity contribution in [2.75, 3.05) is 0 Å². The summed E-state index contributed by atoms with van der Waals surface area (Å²) in [7, 11) is 0. The summed E-state index contributed by atoms with van der Waals surface area (Å²) in [6.07, 6.45) is 5.81. The van der Waals surface area contributed by atoms with Crippen LogP contribution >= 0.6 is 0 Å². The molecule has 14 heavy (non-hydrogen) atoms. The van der Waals surface area contributed by atoms with E-state index in [0.717, 1.165) is 24.7 Å². The second-order valence-corrected chi connectivity index (χ2v) is 5.35. The topological polar surface area (TPSA) is 17.1 Å². The molecule has 78 valence electrons. The van der Waals surface area contributed by atoms with Gasteiger partial charge in [0.05, 0.1) is 0 Å². The fourth-order valence-corrected chi connectivity index (χ4v) is 3.41. The highest BCUT2D eigenvalue weighted by molar-refractivity contribution is 5.75. The molecule has 0 spiro atoms. The van der Waals surface area contributed by atoms with Gasteiger partial charge in [-0.3, -0.25) is 0 Å². The summed E-state index contributed by atoms with van der Waals surface area (Å²) in [6, 6.07) is 0. The van der Waals surface area contributed by atoms with Crippen LogP contribution in [-0.2, 0) is 4.79 Å². The van der Waals surface area contributed by atoms with Crippen molar-refractivity contribution < 1.29 is 4.79 Å². The molecular weight excluding hydrogens is 172 g/mol. The van der Waals surface area contributed by atoms with Gasteiger partial charge in [-0.1, -0.05) is 19.1 Å². The van der Waals surface area contributed by atoms with Crippen molar-refractivity contribution in [3.8, 4) is 0 Å². The third kappa shape index (κ3) is 1.34. The first-order valence-electron chi connectivity index (χ1n) is 5.73. The van der Waals surface area contributed by atoms with Gasteiger partial charge >= 0.3 is 0 Å². The van der Waals surface area contributed by atoms with Crippen molar-refractivity contribution in [1.82, 2.24) is 0 Å². The van der Waals surface area contributed by atoms with Crippen molar-refractivity contribution in [2.45, 2.75) is 46.0 Å². The zero-order valence-corrected chi connectivity index (χ0v) is 9.31. The average molecular weight is 192 g/mol. The summed E-state index contributed by atoms with van der Waals surface area (Å²) < 4.78 is 0. The number of hydrogen-bond acceptors (Lipinski definition) is 1. The van der Waals surface area contributed by atoms with Crippen LogP contribution in [0.5, 0.6) is 0 Å². The van der Waals surface area contributed by atoms with E-state index in [-0.39, 0.29) is 5.41 Å². The Bertz CT molecular complexity index is 279. The molecule has 2 fully saturated rings. The van der Waals surface area contributed by atoms with Gasteiger partial charge in [0.25, 0.3) is 0 Å². The Morgan fingerprint density at radius 1 is 1.57 bits per heavy atom. The summed E-state index contributed by atoms with van der Waals surface area (Å²) in [6.45, 7) is 8.27. The van der Waals surface area contributed by atoms with E-state index < -0.39 is 0 Å². The Labute approximate surface area is 86.6 Å². The monoisotopic (exact) mass is 192 g/mol. The van der Waals surface area contributed by atoms with Gasteiger partial charge in [-0.25, -0.2) is 0 Å². The minimum Gasteiger partial charge on any atom is -0.300 e. The molecule has 2 aliphatic carbocycles. The molecule has 2 aliphatic rings. The van der Waals surface area contributed by atoms with Crippen LogP contribution in [0.15, 0.2) is 12.2 Å². The number of rotatable bonds is 3. The molecule has 0 amide bonds. The zero-order chi connectivity index (χ0) is 10.3. The standard InChI is InChI=1S/C13H20O/c1-9(14)6-7-13(3)10(2)11-4-5-12(13)8-11/h11-12H,2,4-8H2,1,3H3.